The second kappa shape index (κ2) is 23.7. The zero-order chi connectivity index (χ0) is 61.8. The van der Waals surface area contributed by atoms with Crippen molar-refractivity contribution >= 4 is 87.2 Å². The van der Waals surface area contributed by atoms with Gasteiger partial charge in [-0.1, -0.05) is 117 Å². The third kappa shape index (κ3) is 10.3. The Hall–Kier alpha value is -10.4. The standard InChI is InChI=1S/C22H23N2.2C20H19N2.C19H17N2/c1-15(2)17-12-13-23(4)21(14-17)24-20-11-6-5-9-18(20)19-10-7-8-16(3)22(19)24;1-14-11-12-21(3)19(13-14)22-18-10-5-4-8-16(18)17-9-6-7-15(2)20(17)22;1-14-11-12-19(21(3)13-14)22-18-10-5-4-8-16(18)17-9-6-7-15(2)20(17)22;1-14-8-7-10-16-15-9-3-4-11-17(15)21(19(14)16)18-12-5-6-13-20(18)2/h5-15H,1-4H3;2*4-13H,1-3H3;3-13H,1-2H3/q4*+1. The number of nitrogens with zero attached hydrogens (tertiary/aromatic N) is 8. The molecule has 16 rings (SSSR count). The minimum atomic E-state index is 0.513. The highest BCUT2D eigenvalue weighted by atomic mass is 15.2. The largest absolute Gasteiger partial charge is 0.286 e. The van der Waals surface area contributed by atoms with Gasteiger partial charge in [-0.15, -0.1) is 0 Å². The van der Waals surface area contributed by atoms with Gasteiger partial charge in [-0.25, -0.2) is 18.3 Å². The Balaban J connectivity index is 0.000000109. The van der Waals surface area contributed by atoms with Gasteiger partial charge < -0.3 is 0 Å². The van der Waals surface area contributed by atoms with E-state index in [0.29, 0.717) is 5.92 Å². The summed E-state index contributed by atoms with van der Waals surface area (Å²) in [6, 6.07) is 80.4. The van der Waals surface area contributed by atoms with Crippen LogP contribution in [0.15, 0.2) is 249 Å². The zero-order valence-electron chi connectivity index (χ0n) is 53.3. The average Bonchev–Trinajstić information content (AvgIpc) is 1.70. The smallest absolute Gasteiger partial charge is 0.237 e. The Morgan fingerprint density at radius 3 is 1.00 bits per heavy atom. The van der Waals surface area contributed by atoms with Gasteiger partial charge in [-0.2, -0.15) is 18.3 Å². The van der Waals surface area contributed by atoms with Crippen molar-refractivity contribution in [3.8, 4) is 23.3 Å². The third-order valence-corrected chi connectivity index (χ3v) is 17.9. The van der Waals surface area contributed by atoms with Crippen LogP contribution in [0.3, 0.4) is 0 Å². The maximum Gasteiger partial charge on any atom is 0.286 e. The van der Waals surface area contributed by atoms with E-state index in [0.717, 1.165) is 0 Å². The maximum atomic E-state index is 2.41. The average molecular weight is 1160 g/mol. The summed E-state index contributed by atoms with van der Waals surface area (Å²) in [6.07, 6.45) is 8.56. The highest BCUT2D eigenvalue weighted by molar-refractivity contribution is 6.13. The van der Waals surface area contributed by atoms with Crippen LogP contribution in [-0.2, 0) is 28.2 Å². The van der Waals surface area contributed by atoms with E-state index < -0.39 is 0 Å². The molecular formula is C81H78N8+4. The van der Waals surface area contributed by atoms with Crippen LogP contribution in [0.5, 0.6) is 0 Å². The van der Waals surface area contributed by atoms with Crippen LogP contribution in [0.4, 0.5) is 0 Å². The molecule has 0 N–H and O–H groups in total. The van der Waals surface area contributed by atoms with Crippen molar-refractivity contribution < 1.29 is 18.3 Å². The number of hydrogen-bond acceptors (Lipinski definition) is 0. The number of aromatic nitrogens is 8. The first-order valence-corrected chi connectivity index (χ1v) is 31.0. The van der Waals surface area contributed by atoms with E-state index >= 15 is 0 Å². The van der Waals surface area contributed by atoms with Crippen LogP contribution in [0, 0.1) is 41.5 Å². The number of benzene rings is 8. The fourth-order valence-electron chi connectivity index (χ4n) is 13.5. The van der Waals surface area contributed by atoms with Gasteiger partial charge in [0.05, 0.1) is 53.0 Å². The van der Waals surface area contributed by atoms with E-state index in [-0.39, 0.29) is 0 Å². The molecule has 0 saturated carbocycles. The maximum absolute atomic E-state index is 2.41. The van der Waals surface area contributed by atoms with Crippen molar-refractivity contribution in [3.05, 3.63) is 288 Å². The van der Waals surface area contributed by atoms with Gasteiger partial charge in [0, 0.05) is 67.4 Å². The summed E-state index contributed by atoms with van der Waals surface area (Å²) in [4.78, 5) is 0. The van der Waals surface area contributed by atoms with Crippen LogP contribution < -0.4 is 18.3 Å². The summed E-state index contributed by atoms with van der Waals surface area (Å²) >= 11 is 0. The van der Waals surface area contributed by atoms with Gasteiger partial charge in [-0.3, -0.25) is 0 Å². The van der Waals surface area contributed by atoms with Crippen LogP contribution in [0.2, 0.25) is 0 Å². The first-order chi connectivity index (χ1) is 43.2. The van der Waals surface area contributed by atoms with E-state index in [4.69, 9.17) is 0 Å². The molecule has 0 aliphatic heterocycles. The molecule has 89 heavy (non-hydrogen) atoms. The molecule has 0 atom stereocenters. The fourth-order valence-corrected chi connectivity index (χ4v) is 13.5. The lowest BCUT2D eigenvalue weighted by Crippen LogP contribution is -2.33. The lowest BCUT2D eigenvalue weighted by atomic mass is 10.0. The van der Waals surface area contributed by atoms with Crippen LogP contribution in [-0.4, -0.2) is 18.3 Å². The number of fused-ring (bicyclic) bond motifs is 12. The minimum absolute atomic E-state index is 0.513. The zero-order valence-corrected chi connectivity index (χ0v) is 53.3. The summed E-state index contributed by atoms with van der Waals surface area (Å²) in [6.45, 7) is 17.5. The Kier molecular flexibility index (Phi) is 15.3. The van der Waals surface area contributed by atoms with Gasteiger partial charge in [-0.05, 0) is 183 Å². The molecule has 0 aliphatic rings. The predicted octanol–water partition coefficient (Wildman–Crippen LogP) is 17.4. The Morgan fingerprint density at radius 1 is 0.270 bits per heavy atom. The molecule has 0 saturated heterocycles. The van der Waals surface area contributed by atoms with Gasteiger partial charge >= 0.3 is 0 Å². The second-order valence-corrected chi connectivity index (χ2v) is 24.4. The predicted molar refractivity (Wildman–Crippen MR) is 370 cm³/mol. The number of rotatable bonds is 5. The van der Waals surface area contributed by atoms with Crippen molar-refractivity contribution in [1.82, 2.24) is 18.3 Å². The van der Waals surface area contributed by atoms with Crippen LogP contribution in [0.25, 0.3) is 110 Å². The summed E-state index contributed by atoms with van der Waals surface area (Å²) in [7, 11) is 8.43. The van der Waals surface area contributed by atoms with E-state index in [1.165, 1.54) is 149 Å². The Morgan fingerprint density at radius 2 is 0.607 bits per heavy atom. The number of para-hydroxylation sites is 8. The van der Waals surface area contributed by atoms with E-state index in [9.17, 15) is 0 Å². The van der Waals surface area contributed by atoms with Gasteiger partial charge in [0.1, 0.15) is 44.1 Å². The molecule has 8 heteroatoms. The number of hydrogen-bond donors (Lipinski definition) is 0. The van der Waals surface area contributed by atoms with Crippen molar-refractivity contribution in [3.63, 3.8) is 0 Å². The quantitative estimate of drug-likeness (QED) is 0.154. The first kappa shape index (κ1) is 57.6. The summed E-state index contributed by atoms with van der Waals surface area (Å²) in [5.41, 5.74) is 19.3. The molecule has 0 unspecified atom stereocenters. The van der Waals surface area contributed by atoms with Gasteiger partial charge in [0.2, 0.25) is 0 Å². The number of aryl methyl sites for hydroxylation is 10. The molecule has 8 heterocycles. The number of pyridine rings is 4. The molecule has 0 aliphatic carbocycles. The van der Waals surface area contributed by atoms with Gasteiger partial charge in [0.15, 0.2) is 0 Å². The molecule has 0 fully saturated rings. The minimum Gasteiger partial charge on any atom is -0.237 e. The molecule has 0 spiro atoms. The Labute approximate surface area is 521 Å². The summed E-state index contributed by atoms with van der Waals surface area (Å²) in [5.74, 6) is 5.28. The third-order valence-electron chi connectivity index (χ3n) is 17.9. The molecule has 8 nitrogen and oxygen atoms in total. The first-order valence-electron chi connectivity index (χ1n) is 31.0. The normalized spacial score (nSPS) is 11.5. The van der Waals surface area contributed by atoms with Crippen molar-refractivity contribution in [1.29, 1.82) is 0 Å². The van der Waals surface area contributed by atoms with Crippen LogP contribution in [0.1, 0.15) is 58.7 Å². The van der Waals surface area contributed by atoms with E-state index in [1.54, 1.807) is 0 Å². The van der Waals surface area contributed by atoms with Gasteiger partial charge in [0.25, 0.3) is 23.3 Å². The SMILES string of the molecule is Cc1cc[n+](C)c(-n2c3ccccc3c3cccc(C)c32)c1.Cc1ccc(-n2c3ccccc3c3cccc(C)c32)[n+](C)c1.Cc1cccc2c3ccccc3n(-c3cc(C(C)C)cc[n+]3C)c12.Cc1cccc2c3ccccc3n(-c3cccc[n+]3C)c12. The lowest BCUT2D eigenvalue weighted by Gasteiger charge is -2.09. The van der Waals surface area contributed by atoms with Crippen molar-refractivity contribution in [2.75, 3.05) is 0 Å². The van der Waals surface area contributed by atoms with E-state index in [1.807, 2.05) is 0 Å². The van der Waals surface area contributed by atoms with E-state index in [2.05, 4.69) is 369 Å². The monoisotopic (exact) mass is 1160 g/mol. The van der Waals surface area contributed by atoms with Crippen molar-refractivity contribution in [2.24, 2.45) is 28.2 Å². The molecule has 8 aromatic carbocycles. The highest BCUT2D eigenvalue weighted by Crippen LogP contribution is 2.37. The summed E-state index contributed by atoms with van der Waals surface area (Å²) < 4.78 is 18.3. The van der Waals surface area contributed by atoms with Crippen molar-refractivity contribution in [2.45, 2.75) is 61.3 Å². The molecule has 438 valence electrons. The fraction of sp³-hybridized carbons (Fsp3) is 0.160. The highest BCUT2D eigenvalue weighted by Gasteiger charge is 2.26. The molecule has 0 amide bonds. The molecular weight excluding hydrogens is 1080 g/mol. The lowest BCUT2D eigenvalue weighted by molar-refractivity contribution is -0.665. The molecule has 0 bridgehead atoms. The molecule has 8 aromatic heterocycles. The summed E-state index contributed by atoms with van der Waals surface area (Å²) in [5, 5.41) is 10.5. The molecule has 0 radical (unpaired) electrons. The molecule has 16 aromatic rings. The topological polar surface area (TPSA) is 35.2 Å². The van der Waals surface area contributed by atoms with Crippen LogP contribution >= 0.6 is 0 Å². The second-order valence-electron chi connectivity index (χ2n) is 24.4. The Bertz CT molecular complexity index is 5370.